The van der Waals surface area contributed by atoms with E-state index in [0.717, 1.165) is 11.1 Å². The molecule has 2 amide bonds. The lowest BCUT2D eigenvalue weighted by molar-refractivity contribution is -0.118. The molecule has 0 spiro atoms. The Labute approximate surface area is 234 Å². The zero-order valence-corrected chi connectivity index (χ0v) is 23.1. The zero-order chi connectivity index (χ0) is 26.5. The molecule has 0 bridgehead atoms. The number of aryl methyl sites for hydroxylation is 1. The highest BCUT2D eigenvalue weighted by atomic mass is 35.5. The van der Waals surface area contributed by atoms with Crippen LogP contribution in [0.1, 0.15) is 18.1 Å². The first-order valence-electron chi connectivity index (χ1n) is 11.2. The van der Waals surface area contributed by atoms with Crippen molar-refractivity contribution in [2.24, 2.45) is 0 Å². The number of ether oxygens (including phenoxy) is 2. The molecule has 1 aliphatic heterocycles. The molecule has 37 heavy (non-hydrogen) atoms. The van der Waals surface area contributed by atoms with Crippen molar-refractivity contribution in [3.8, 4) is 11.5 Å². The standard InChI is InChI=1S/C27H22Cl2N2O4S2/c1-3-34-23-12-17(9-11-22(23)35-15-25(32)30-21-7-5-4-6-19(21)28)13-24-26(33)31(27(36)37-24)18-10-8-16(2)20(29)14-18/h4-14H,3,15H2,1-2H3,(H,30,32)/b24-13-. The molecule has 0 radical (unpaired) electrons. The summed E-state index contributed by atoms with van der Waals surface area (Å²) in [4.78, 5) is 27.4. The maximum atomic E-state index is 13.1. The van der Waals surface area contributed by atoms with Crippen molar-refractivity contribution in [2.75, 3.05) is 23.4 Å². The van der Waals surface area contributed by atoms with E-state index in [4.69, 9.17) is 44.9 Å². The highest BCUT2D eigenvalue weighted by Gasteiger charge is 2.33. The van der Waals surface area contributed by atoms with Crippen molar-refractivity contribution < 1.29 is 19.1 Å². The Morgan fingerprint density at radius 2 is 1.84 bits per heavy atom. The average Bonchev–Trinajstić information content (AvgIpc) is 3.14. The number of rotatable bonds is 8. The molecule has 0 aliphatic carbocycles. The number of thiocarbonyl (C=S) groups is 1. The summed E-state index contributed by atoms with van der Waals surface area (Å²) in [6.07, 6.45) is 1.74. The maximum absolute atomic E-state index is 13.1. The molecule has 1 fully saturated rings. The minimum Gasteiger partial charge on any atom is -0.490 e. The molecule has 3 aromatic carbocycles. The first-order chi connectivity index (χ1) is 17.8. The number of para-hydroxylation sites is 1. The molecule has 3 aromatic rings. The van der Waals surface area contributed by atoms with Crippen LogP contribution in [0, 0.1) is 6.92 Å². The Hall–Kier alpha value is -3.04. The van der Waals surface area contributed by atoms with Gasteiger partial charge in [0.2, 0.25) is 0 Å². The van der Waals surface area contributed by atoms with E-state index >= 15 is 0 Å². The van der Waals surface area contributed by atoms with Crippen LogP contribution in [-0.4, -0.2) is 29.3 Å². The molecule has 1 heterocycles. The Balaban J connectivity index is 1.49. The number of carbonyl (C=O) groups excluding carboxylic acids is 2. The molecule has 1 aliphatic rings. The number of halogens is 2. The molecule has 6 nitrogen and oxygen atoms in total. The van der Waals surface area contributed by atoms with Gasteiger partial charge in [-0.05, 0) is 67.4 Å². The predicted molar refractivity (Wildman–Crippen MR) is 155 cm³/mol. The highest BCUT2D eigenvalue weighted by molar-refractivity contribution is 8.27. The van der Waals surface area contributed by atoms with E-state index in [0.29, 0.717) is 48.8 Å². The van der Waals surface area contributed by atoms with Crippen LogP contribution in [0.5, 0.6) is 11.5 Å². The van der Waals surface area contributed by atoms with Gasteiger partial charge in [-0.25, -0.2) is 0 Å². The molecule has 190 valence electrons. The highest BCUT2D eigenvalue weighted by Crippen LogP contribution is 2.38. The number of nitrogens with one attached hydrogen (secondary N) is 1. The molecule has 0 saturated carbocycles. The van der Waals surface area contributed by atoms with E-state index in [1.165, 1.54) is 16.7 Å². The van der Waals surface area contributed by atoms with Gasteiger partial charge in [-0.1, -0.05) is 71.4 Å². The lowest BCUT2D eigenvalue weighted by Crippen LogP contribution is -2.27. The first kappa shape index (κ1) is 27.0. The van der Waals surface area contributed by atoms with Gasteiger partial charge in [-0.15, -0.1) is 0 Å². The SMILES string of the molecule is CCOc1cc(/C=C2\SC(=S)N(c3ccc(C)c(Cl)c3)C2=O)ccc1OCC(=O)Nc1ccccc1Cl. The molecule has 0 atom stereocenters. The van der Waals surface area contributed by atoms with Gasteiger partial charge in [0.05, 0.1) is 27.9 Å². The second kappa shape index (κ2) is 12.0. The van der Waals surface area contributed by atoms with Crippen molar-refractivity contribution in [1.29, 1.82) is 0 Å². The largest absolute Gasteiger partial charge is 0.490 e. The molecule has 0 unspecified atom stereocenters. The van der Waals surface area contributed by atoms with E-state index < -0.39 is 0 Å². The Bertz CT molecular complexity index is 1410. The minimum absolute atomic E-state index is 0.232. The van der Waals surface area contributed by atoms with Crippen molar-refractivity contribution in [2.45, 2.75) is 13.8 Å². The molecular weight excluding hydrogens is 551 g/mol. The molecule has 4 rings (SSSR count). The number of amides is 2. The normalized spacial score (nSPS) is 14.3. The van der Waals surface area contributed by atoms with Crippen LogP contribution in [0.2, 0.25) is 10.0 Å². The van der Waals surface area contributed by atoms with Crippen LogP contribution < -0.4 is 19.7 Å². The fourth-order valence-corrected chi connectivity index (χ4v) is 5.11. The summed E-state index contributed by atoms with van der Waals surface area (Å²) >= 11 is 19.0. The van der Waals surface area contributed by atoms with Crippen LogP contribution in [0.4, 0.5) is 11.4 Å². The Morgan fingerprint density at radius 3 is 2.57 bits per heavy atom. The number of carbonyl (C=O) groups is 2. The monoisotopic (exact) mass is 572 g/mol. The van der Waals surface area contributed by atoms with E-state index in [1.54, 1.807) is 54.6 Å². The summed E-state index contributed by atoms with van der Waals surface area (Å²) in [5.74, 6) is 0.252. The lowest BCUT2D eigenvalue weighted by Gasteiger charge is -2.15. The van der Waals surface area contributed by atoms with Gasteiger partial charge in [0.25, 0.3) is 11.8 Å². The van der Waals surface area contributed by atoms with Crippen LogP contribution in [-0.2, 0) is 9.59 Å². The summed E-state index contributed by atoms with van der Waals surface area (Å²) in [6, 6.07) is 17.6. The smallest absolute Gasteiger partial charge is 0.270 e. The summed E-state index contributed by atoms with van der Waals surface area (Å²) in [7, 11) is 0. The molecular formula is C27H22Cl2N2O4S2. The third kappa shape index (κ3) is 6.45. The molecule has 1 saturated heterocycles. The number of thioether (sulfide) groups is 1. The second-order valence-electron chi connectivity index (χ2n) is 7.91. The second-order valence-corrected chi connectivity index (χ2v) is 10.4. The third-order valence-corrected chi connectivity index (χ3v) is 7.32. The molecule has 10 heteroatoms. The van der Waals surface area contributed by atoms with Gasteiger partial charge in [0.15, 0.2) is 22.4 Å². The van der Waals surface area contributed by atoms with Crippen molar-refractivity contribution in [1.82, 2.24) is 0 Å². The van der Waals surface area contributed by atoms with Crippen molar-refractivity contribution in [3.63, 3.8) is 0 Å². The number of hydrogen-bond donors (Lipinski definition) is 1. The van der Waals surface area contributed by atoms with Crippen LogP contribution in [0.3, 0.4) is 0 Å². The van der Waals surface area contributed by atoms with Crippen molar-refractivity contribution >= 4 is 80.8 Å². The number of nitrogens with zero attached hydrogens (tertiary/aromatic N) is 1. The Morgan fingerprint density at radius 1 is 1.05 bits per heavy atom. The average molecular weight is 574 g/mol. The van der Waals surface area contributed by atoms with Gasteiger partial charge in [0.1, 0.15) is 0 Å². The van der Waals surface area contributed by atoms with Gasteiger partial charge >= 0.3 is 0 Å². The predicted octanol–water partition coefficient (Wildman–Crippen LogP) is 7.12. The zero-order valence-electron chi connectivity index (χ0n) is 19.9. The summed E-state index contributed by atoms with van der Waals surface area (Å²) in [5, 5.41) is 3.71. The fourth-order valence-electron chi connectivity index (χ4n) is 3.46. The molecule has 1 N–H and O–H groups in total. The maximum Gasteiger partial charge on any atom is 0.270 e. The number of benzene rings is 3. The van der Waals surface area contributed by atoms with Crippen LogP contribution in [0.15, 0.2) is 65.6 Å². The van der Waals surface area contributed by atoms with Gasteiger partial charge < -0.3 is 14.8 Å². The topological polar surface area (TPSA) is 67.9 Å². The van der Waals surface area contributed by atoms with Gasteiger partial charge in [-0.2, -0.15) is 0 Å². The summed E-state index contributed by atoms with van der Waals surface area (Å²) in [6.45, 7) is 3.90. The van der Waals surface area contributed by atoms with E-state index in [9.17, 15) is 9.59 Å². The van der Waals surface area contributed by atoms with Crippen LogP contribution >= 0.6 is 47.2 Å². The van der Waals surface area contributed by atoms with E-state index in [1.807, 2.05) is 26.0 Å². The number of hydrogen-bond acceptors (Lipinski definition) is 6. The van der Waals surface area contributed by atoms with E-state index in [2.05, 4.69) is 5.32 Å². The molecule has 0 aromatic heterocycles. The fraction of sp³-hybridized carbons (Fsp3) is 0.148. The van der Waals surface area contributed by atoms with Gasteiger partial charge in [-0.3, -0.25) is 14.5 Å². The Kier molecular flexibility index (Phi) is 8.76. The van der Waals surface area contributed by atoms with E-state index in [-0.39, 0.29) is 18.4 Å². The summed E-state index contributed by atoms with van der Waals surface area (Å²) < 4.78 is 11.9. The van der Waals surface area contributed by atoms with Crippen LogP contribution in [0.25, 0.3) is 6.08 Å². The number of anilines is 2. The van der Waals surface area contributed by atoms with Crippen molar-refractivity contribution in [3.05, 3.63) is 86.7 Å². The minimum atomic E-state index is -0.362. The first-order valence-corrected chi connectivity index (χ1v) is 13.2. The lowest BCUT2D eigenvalue weighted by atomic mass is 10.1. The third-order valence-electron chi connectivity index (χ3n) is 5.28. The quantitative estimate of drug-likeness (QED) is 0.229. The summed E-state index contributed by atoms with van der Waals surface area (Å²) in [5.41, 5.74) is 2.76. The van der Waals surface area contributed by atoms with Gasteiger partial charge in [0, 0.05) is 5.02 Å².